The van der Waals surface area contributed by atoms with E-state index >= 15 is 0 Å². The fraction of sp³-hybridized carbons (Fsp3) is 0.103. The van der Waals surface area contributed by atoms with Crippen LogP contribution in [0.5, 0.6) is 0 Å². The standard InChI is InChI=1S/C58H40/c1-29-15-17-35(27-31(29)3)51-39-13-9-10-14-40(39)52(36-18-16-30(2)32(4)28-36)58-48-26-22-44-42-20-24-46-50-34(6)38-12-8-7-11-37(38)33(5)49(50)45-23-19-41(53(42)55(45)46)43-21-25-47(57(51)58)56(48)54(43)44/h7-28H,1-6H3. The second-order valence-electron chi connectivity index (χ2n) is 17.3. The van der Waals surface area contributed by atoms with E-state index in [2.05, 4.69) is 175 Å². The molecule has 0 unspecified atom stereocenters. The van der Waals surface area contributed by atoms with Crippen LogP contribution >= 0.6 is 0 Å². The van der Waals surface area contributed by atoms with Crippen LogP contribution in [0, 0.1) is 41.5 Å². The van der Waals surface area contributed by atoms with E-state index in [-0.39, 0.29) is 0 Å². The number of hydrogen-bond donors (Lipinski definition) is 0. The van der Waals surface area contributed by atoms with Gasteiger partial charge in [-0.15, -0.1) is 0 Å². The summed E-state index contributed by atoms with van der Waals surface area (Å²) in [6.45, 7) is 13.6. The van der Waals surface area contributed by atoms with Gasteiger partial charge in [-0.3, -0.25) is 0 Å². The molecule has 58 heavy (non-hydrogen) atoms. The number of benzene rings is 11. The van der Waals surface area contributed by atoms with Gasteiger partial charge in [-0.05, 0) is 206 Å². The molecule has 0 bridgehead atoms. The van der Waals surface area contributed by atoms with Crippen molar-refractivity contribution < 1.29 is 0 Å². The molecule has 0 N–H and O–H groups in total. The zero-order valence-electron chi connectivity index (χ0n) is 33.7. The fourth-order valence-corrected chi connectivity index (χ4v) is 11.5. The van der Waals surface area contributed by atoms with Gasteiger partial charge in [-0.1, -0.05) is 133 Å². The quantitative estimate of drug-likeness (QED) is 0.122. The summed E-state index contributed by atoms with van der Waals surface area (Å²) in [4.78, 5) is 0. The lowest BCUT2D eigenvalue weighted by Gasteiger charge is -2.21. The van der Waals surface area contributed by atoms with E-state index in [1.807, 2.05) is 0 Å². The van der Waals surface area contributed by atoms with E-state index < -0.39 is 0 Å². The van der Waals surface area contributed by atoms with Gasteiger partial charge in [0.15, 0.2) is 0 Å². The Hall–Kier alpha value is -6.76. The first-order chi connectivity index (χ1) is 28.3. The van der Waals surface area contributed by atoms with Crippen molar-refractivity contribution in [2.24, 2.45) is 0 Å². The maximum absolute atomic E-state index is 2.46. The van der Waals surface area contributed by atoms with Gasteiger partial charge in [0.25, 0.3) is 0 Å². The van der Waals surface area contributed by atoms with E-state index in [4.69, 9.17) is 0 Å². The molecule has 11 aromatic carbocycles. The fourth-order valence-electron chi connectivity index (χ4n) is 11.5. The predicted octanol–water partition coefficient (Wildman–Crippen LogP) is 16.5. The van der Waals surface area contributed by atoms with E-state index in [9.17, 15) is 0 Å². The maximum atomic E-state index is 2.46. The minimum Gasteiger partial charge on any atom is -0.0616 e. The molecule has 0 aromatic heterocycles. The number of aryl methyl sites for hydroxylation is 6. The molecule has 0 amide bonds. The van der Waals surface area contributed by atoms with E-state index in [0.717, 1.165) is 0 Å². The number of fused-ring (bicyclic) bond motifs is 10. The Kier molecular flexibility index (Phi) is 6.13. The average molecular weight is 737 g/mol. The molecule has 272 valence electrons. The lowest BCUT2D eigenvalue weighted by Crippen LogP contribution is -1.95. The average Bonchev–Trinajstić information content (AvgIpc) is 3.77. The molecule has 0 heteroatoms. The molecule has 0 radical (unpaired) electrons. The van der Waals surface area contributed by atoms with Crippen molar-refractivity contribution in [3.8, 4) is 66.8 Å². The first-order valence-corrected chi connectivity index (χ1v) is 20.8. The molecule has 0 aliphatic heterocycles. The molecule has 11 aromatic rings. The summed E-state index contributed by atoms with van der Waals surface area (Å²) in [6, 6.07) is 51.8. The van der Waals surface area contributed by atoms with Crippen molar-refractivity contribution >= 4 is 64.6 Å². The summed E-state index contributed by atoms with van der Waals surface area (Å²) in [6.07, 6.45) is 0. The van der Waals surface area contributed by atoms with E-state index in [1.165, 1.54) is 165 Å². The van der Waals surface area contributed by atoms with Gasteiger partial charge in [-0.25, -0.2) is 0 Å². The largest absolute Gasteiger partial charge is 0.0616 e. The minimum absolute atomic E-state index is 1.28. The summed E-state index contributed by atoms with van der Waals surface area (Å²) >= 11 is 0. The molecule has 0 heterocycles. The molecule has 0 saturated carbocycles. The molecule has 2 aliphatic rings. The summed E-state index contributed by atoms with van der Waals surface area (Å²) in [5.41, 5.74) is 24.3. The molecule has 0 atom stereocenters. The normalized spacial score (nSPS) is 12.7. The number of hydrogen-bond acceptors (Lipinski definition) is 0. The molecule has 0 spiro atoms. The van der Waals surface area contributed by atoms with Crippen LogP contribution in [0.25, 0.3) is 131 Å². The van der Waals surface area contributed by atoms with Crippen molar-refractivity contribution in [1.82, 2.24) is 0 Å². The summed E-state index contributed by atoms with van der Waals surface area (Å²) < 4.78 is 0. The van der Waals surface area contributed by atoms with Gasteiger partial charge in [0.05, 0.1) is 0 Å². The zero-order chi connectivity index (χ0) is 38.9. The highest BCUT2D eigenvalue weighted by atomic mass is 14.4. The highest BCUT2D eigenvalue weighted by Gasteiger charge is 2.34. The van der Waals surface area contributed by atoms with Crippen molar-refractivity contribution in [2.45, 2.75) is 41.5 Å². The molecular weight excluding hydrogens is 697 g/mol. The third kappa shape index (κ3) is 3.82. The van der Waals surface area contributed by atoms with Crippen LogP contribution in [-0.4, -0.2) is 0 Å². The highest BCUT2D eigenvalue weighted by molar-refractivity contribution is 6.41. The smallest absolute Gasteiger partial charge is 0.000740 e. The Labute approximate surface area is 338 Å². The van der Waals surface area contributed by atoms with E-state index in [1.54, 1.807) is 0 Å². The lowest BCUT2D eigenvalue weighted by atomic mass is 9.82. The van der Waals surface area contributed by atoms with Crippen LogP contribution in [-0.2, 0) is 0 Å². The van der Waals surface area contributed by atoms with Gasteiger partial charge in [0.1, 0.15) is 0 Å². The zero-order valence-corrected chi connectivity index (χ0v) is 33.7. The SMILES string of the molecule is Cc1ccc(-c2c3c(c(-c4ccc(C)c(C)c4)c4ccccc24)-c2ccc4c5ccc6c7c(ccc(c8ccc-3c2c84)c75)-c2c-6c(C)c3ccccc3c2C)cc1C. The van der Waals surface area contributed by atoms with Gasteiger partial charge in [0.2, 0.25) is 0 Å². The summed E-state index contributed by atoms with van der Waals surface area (Å²) in [5, 5.41) is 16.3. The second kappa shape index (κ2) is 11.0. The Morgan fingerprint density at radius 2 is 0.586 bits per heavy atom. The van der Waals surface area contributed by atoms with Gasteiger partial charge in [0, 0.05) is 0 Å². The van der Waals surface area contributed by atoms with E-state index in [0.29, 0.717) is 0 Å². The first-order valence-electron chi connectivity index (χ1n) is 20.8. The Bertz CT molecular complexity index is 3490. The van der Waals surface area contributed by atoms with Crippen molar-refractivity contribution in [3.63, 3.8) is 0 Å². The molecule has 13 rings (SSSR count). The van der Waals surface area contributed by atoms with Crippen molar-refractivity contribution in [3.05, 3.63) is 167 Å². The molecule has 0 nitrogen and oxygen atoms in total. The molecule has 0 saturated heterocycles. The third-order valence-electron chi connectivity index (χ3n) is 14.5. The molecule has 0 fully saturated rings. The van der Waals surface area contributed by atoms with Gasteiger partial charge < -0.3 is 0 Å². The summed E-state index contributed by atoms with van der Waals surface area (Å²) in [5.74, 6) is 0. The number of rotatable bonds is 2. The maximum Gasteiger partial charge on any atom is -0.000740 e. The van der Waals surface area contributed by atoms with Crippen molar-refractivity contribution in [2.75, 3.05) is 0 Å². The summed E-state index contributed by atoms with van der Waals surface area (Å²) in [7, 11) is 0. The van der Waals surface area contributed by atoms with Crippen molar-refractivity contribution in [1.29, 1.82) is 0 Å². The molecule has 2 aliphatic carbocycles. The predicted molar refractivity (Wildman–Crippen MR) is 251 cm³/mol. The van der Waals surface area contributed by atoms with Crippen LogP contribution in [0.2, 0.25) is 0 Å². The Balaban J connectivity index is 1.18. The van der Waals surface area contributed by atoms with Crippen LogP contribution < -0.4 is 0 Å². The van der Waals surface area contributed by atoms with Crippen LogP contribution in [0.1, 0.15) is 33.4 Å². The highest BCUT2D eigenvalue weighted by Crippen LogP contribution is 2.61. The lowest BCUT2D eigenvalue weighted by molar-refractivity contribution is 1.34. The Morgan fingerprint density at radius 1 is 0.241 bits per heavy atom. The topological polar surface area (TPSA) is 0 Å². The van der Waals surface area contributed by atoms with Gasteiger partial charge in [-0.2, -0.15) is 0 Å². The molecular formula is C58H40. The Morgan fingerprint density at radius 3 is 0.948 bits per heavy atom. The van der Waals surface area contributed by atoms with Crippen LogP contribution in [0.3, 0.4) is 0 Å². The van der Waals surface area contributed by atoms with Crippen LogP contribution in [0.15, 0.2) is 133 Å². The monoisotopic (exact) mass is 736 g/mol. The minimum atomic E-state index is 1.28. The van der Waals surface area contributed by atoms with Gasteiger partial charge >= 0.3 is 0 Å². The van der Waals surface area contributed by atoms with Crippen LogP contribution in [0.4, 0.5) is 0 Å². The third-order valence-corrected chi connectivity index (χ3v) is 14.5. The second-order valence-corrected chi connectivity index (χ2v) is 17.3. The first kappa shape index (κ1) is 32.3.